The summed E-state index contributed by atoms with van der Waals surface area (Å²) in [5.74, 6) is -0.402. The number of alkyl halides is 3. The molecule has 0 fully saturated rings. The van der Waals surface area contributed by atoms with Gasteiger partial charge in [-0.05, 0) is 19.9 Å². The van der Waals surface area contributed by atoms with Crippen molar-refractivity contribution in [3.63, 3.8) is 0 Å². The summed E-state index contributed by atoms with van der Waals surface area (Å²) in [6.07, 6.45) is -4.56. The summed E-state index contributed by atoms with van der Waals surface area (Å²) in [6, 6.07) is 7.74. The fourth-order valence-electron chi connectivity index (χ4n) is 2.47. The van der Waals surface area contributed by atoms with Gasteiger partial charge in [-0.3, -0.25) is 4.79 Å². The second-order valence-electron chi connectivity index (χ2n) is 5.53. The quantitative estimate of drug-likeness (QED) is 0.679. The van der Waals surface area contributed by atoms with E-state index >= 15 is 0 Å². The number of nitrogens with two attached hydrogens (primary N) is 1. The van der Waals surface area contributed by atoms with Gasteiger partial charge in [-0.2, -0.15) is 13.2 Å². The maximum absolute atomic E-state index is 13.3. The molecule has 3 nitrogen and oxygen atoms in total. The van der Waals surface area contributed by atoms with Crippen molar-refractivity contribution < 1.29 is 18.0 Å². The normalized spacial score (nSPS) is 11.9. The lowest BCUT2D eigenvalue weighted by Crippen LogP contribution is -2.08. The van der Waals surface area contributed by atoms with Gasteiger partial charge in [0.15, 0.2) is 0 Å². The number of thiophene rings is 1. The number of ketones is 1. The number of pyridine rings is 1. The van der Waals surface area contributed by atoms with Crippen molar-refractivity contribution in [1.82, 2.24) is 4.98 Å². The van der Waals surface area contributed by atoms with Crippen LogP contribution in [-0.2, 0) is 6.18 Å². The van der Waals surface area contributed by atoms with Crippen LogP contribution in [0.1, 0.15) is 32.1 Å². The fourth-order valence-corrected chi connectivity index (χ4v) is 3.60. The Morgan fingerprint density at radius 2 is 1.79 bits per heavy atom. The number of nitrogen functional groups attached to an aromatic ring is 1. The molecular formula is C17H13F3N2OS. The number of halogens is 3. The van der Waals surface area contributed by atoms with Gasteiger partial charge < -0.3 is 5.73 Å². The summed E-state index contributed by atoms with van der Waals surface area (Å²) in [5, 5.41) is -0.200. The number of aryl methyl sites for hydroxylation is 2. The molecule has 2 heterocycles. The van der Waals surface area contributed by atoms with E-state index in [1.807, 2.05) is 6.92 Å². The van der Waals surface area contributed by atoms with Crippen LogP contribution in [0.5, 0.6) is 0 Å². The number of aromatic nitrogens is 1. The predicted octanol–water partition coefficient (Wildman–Crippen LogP) is 4.75. The molecule has 3 rings (SSSR count). The van der Waals surface area contributed by atoms with E-state index in [-0.39, 0.29) is 26.5 Å². The maximum Gasteiger partial charge on any atom is 0.417 e. The van der Waals surface area contributed by atoms with Crippen molar-refractivity contribution in [3.05, 3.63) is 57.6 Å². The first-order valence-corrected chi connectivity index (χ1v) is 7.88. The summed E-state index contributed by atoms with van der Waals surface area (Å²) in [5.41, 5.74) is 6.46. The van der Waals surface area contributed by atoms with Crippen molar-refractivity contribution in [3.8, 4) is 0 Å². The molecular weight excluding hydrogens is 337 g/mol. The Hall–Kier alpha value is -2.41. The third kappa shape index (κ3) is 2.75. The summed E-state index contributed by atoms with van der Waals surface area (Å²) < 4.78 is 39.9. The van der Waals surface area contributed by atoms with Crippen molar-refractivity contribution in [2.45, 2.75) is 20.0 Å². The molecule has 0 radical (unpaired) electrons. The number of nitrogens with zero attached hydrogens (tertiary/aromatic N) is 1. The molecule has 0 aliphatic rings. The third-order valence-corrected chi connectivity index (χ3v) is 4.75. The van der Waals surface area contributed by atoms with Crippen molar-refractivity contribution >= 4 is 33.0 Å². The molecule has 0 aliphatic carbocycles. The van der Waals surface area contributed by atoms with Crippen LogP contribution in [0.4, 0.5) is 18.9 Å². The molecule has 3 aromatic rings. The molecule has 0 atom stereocenters. The number of hydrogen-bond donors (Lipinski definition) is 1. The third-order valence-electron chi connectivity index (χ3n) is 3.65. The zero-order valence-electron chi connectivity index (χ0n) is 12.9. The Balaban J connectivity index is 2.22. The van der Waals surface area contributed by atoms with Crippen molar-refractivity contribution in [1.29, 1.82) is 0 Å². The molecule has 1 aromatic carbocycles. The van der Waals surface area contributed by atoms with Crippen LogP contribution in [0.2, 0.25) is 0 Å². The maximum atomic E-state index is 13.3. The Morgan fingerprint density at radius 3 is 2.38 bits per heavy atom. The van der Waals surface area contributed by atoms with Crippen LogP contribution < -0.4 is 5.73 Å². The van der Waals surface area contributed by atoms with Crippen LogP contribution in [0, 0.1) is 13.8 Å². The zero-order chi connectivity index (χ0) is 17.6. The summed E-state index contributed by atoms with van der Waals surface area (Å²) in [6.45, 7) is 3.36. The van der Waals surface area contributed by atoms with Crippen LogP contribution in [0.3, 0.4) is 0 Å². The van der Waals surface area contributed by atoms with Gasteiger partial charge in [-0.1, -0.05) is 29.8 Å². The number of hydrogen-bond acceptors (Lipinski definition) is 4. The Labute approximate surface area is 139 Å². The van der Waals surface area contributed by atoms with E-state index in [2.05, 4.69) is 4.98 Å². The minimum atomic E-state index is -4.56. The van der Waals surface area contributed by atoms with Crippen molar-refractivity contribution in [2.24, 2.45) is 0 Å². The van der Waals surface area contributed by atoms with Gasteiger partial charge in [0.2, 0.25) is 5.78 Å². The van der Waals surface area contributed by atoms with Crippen molar-refractivity contribution in [2.75, 3.05) is 5.73 Å². The molecule has 24 heavy (non-hydrogen) atoms. The number of rotatable bonds is 2. The summed E-state index contributed by atoms with van der Waals surface area (Å²) >= 11 is 0.890. The molecule has 0 bridgehead atoms. The standard InChI is InChI=1S/C17H13F3N2OS/c1-8-3-5-10(6-4-8)14(23)15-13(21)12-11(17(18,19)20)7-9(2)22-16(12)24-15/h3-7H,21H2,1-2H3. The minimum absolute atomic E-state index is 0.0810. The average Bonchev–Trinajstić information content (AvgIpc) is 2.82. The number of fused-ring (bicyclic) bond motifs is 1. The smallest absolute Gasteiger partial charge is 0.397 e. The lowest BCUT2D eigenvalue weighted by atomic mass is 10.0. The molecule has 124 valence electrons. The SMILES string of the molecule is Cc1ccc(C(=O)c2sc3nc(C)cc(C(F)(F)F)c3c2N)cc1. The first-order chi connectivity index (χ1) is 11.2. The predicted molar refractivity (Wildman–Crippen MR) is 88.4 cm³/mol. The lowest BCUT2D eigenvalue weighted by molar-refractivity contribution is -0.136. The molecule has 7 heteroatoms. The molecule has 0 saturated carbocycles. The molecule has 2 N–H and O–H groups in total. The van der Waals surface area contributed by atoms with Gasteiger partial charge in [0.1, 0.15) is 9.71 Å². The number of benzene rings is 1. The highest BCUT2D eigenvalue weighted by Crippen LogP contribution is 2.42. The van der Waals surface area contributed by atoms with E-state index in [1.54, 1.807) is 24.3 Å². The topological polar surface area (TPSA) is 56.0 Å². The van der Waals surface area contributed by atoms with Gasteiger partial charge in [0, 0.05) is 16.6 Å². The summed E-state index contributed by atoms with van der Waals surface area (Å²) in [7, 11) is 0. The van der Waals surface area contributed by atoms with Crippen LogP contribution in [-0.4, -0.2) is 10.8 Å². The zero-order valence-corrected chi connectivity index (χ0v) is 13.7. The monoisotopic (exact) mass is 350 g/mol. The van der Waals surface area contributed by atoms with Gasteiger partial charge in [-0.25, -0.2) is 4.98 Å². The summed E-state index contributed by atoms with van der Waals surface area (Å²) in [4.78, 5) is 16.9. The average molecular weight is 350 g/mol. The number of carbonyl (C=O) groups is 1. The van der Waals surface area contributed by atoms with E-state index in [1.165, 1.54) is 6.92 Å². The highest BCUT2D eigenvalue weighted by molar-refractivity contribution is 7.21. The van der Waals surface area contributed by atoms with Gasteiger partial charge in [0.25, 0.3) is 0 Å². The lowest BCUT2D eigenvalue weighted by Gasteiger charge is -2.09. The molecule has 0 aliphatic heterocycles. The first-order valence-electron chi connectivity index (χ1n) is 7.06. The fraction of sp³-hybridized carbons (Fsp3) is 0.176. The van der Waals surface area contributed by atoms with Gasteiger partial charge in [-0.15, -0.1) is 11.3 Å². The van der Waals surface area contributed by atoms with E-state index in [4.69, 9.17) is 5.73 Å². The van der Waals surface area contributed by atoms with Crippen LogP contribution in [0.15, 0.2) is 30.3 Å². The van der Waals surface area contributed by atoms with Crippen LogP contribution >= 0.6 is 11.3 Å². The second-order valence-corrected chi connectivity index (χ2v) is 6.53. The highest BCUT2D eigenvalue weighted by Gasteiger charge is 2.35. The molecule has 0 saturated heterocycles. The first kappa shape index (κ1) is 16.4. The highest BCUT2D eigenvalue weighted by atomic mass is 32.1. The Morgan fingerprint density at radius 1 is 1.17 bits per heavy atom. The Bertz CT molecular complexity index is 943. The van der Waals surface area contributed by atoms with E-state index < -0.39 is 17.5 Å². The van der Waals surface area contributed by atoms with Gasteiger partial charge in [0.05, 0.1) is 11.3 Å². The van der Waals surface area contributed by atoms with E-state index in [0.29, 0.717) is 5.56 Å². The largest absolute Gasteiger partial charge is 0.417 e. The Kier molecular flexibility index (Phi) is 3.83. The van der Waals surface area contributed by atoms with Crippen LogP contribution in [0.25, 0.3) is 10.2 Å². The van der Waals surface area contributed by atoms with E-state index in [9.17, 15) is 18.0 Å². The minimum Gasteiger partial charge on any atom is -0.397 e. The number of carbonyl (C=O) groups excluding carboxylic acids is 1. The molecule has 0 unspecified atom stereocenters. The van der Waals surface area contributed by atoms with Gasteiger partial charge >= 0.3 is 6.18 Å². The second kappa shape index (κ2) is 5.59. The molecule has 0 amide bonds. The molecule has 0 spiro atoms. The number of anilines is 1. The molecule has 2 aromatic heterocycles. The van der Waals surface area contributed by atoms with E-state index in [0.717, 1.165) is 23.0 Å².